The van der Waals surface area contributed by atoms with Crippen LogP contribution in [0.5, 0.6) is 0 Å². The third-order valence-electron chi connectivity index (χ3n) is 1.61. The maximum absolute atomic E-state index is 4.02. The molecule has 0 bridgehead atoms. The highest BCUT2D eigenvalue weighted by Gasteiger charge is 2.10. The minimum atomic E-state index is -0.286. The molecule has 0 aliphatic carbocycles. The van der Waals surface area contributed by atoms with Crippen molar-refractivity contribution in [3.05, 3.63) is 5.82 Å². The lowest BCUT2D eigenvalue weighted by Gasteiger charge is -2.09. The number of hydrogen-bond acceptors (Lipinski definition) is 3. The van der Waals surface area contributed by atoms with Gasteiger partial charge in [-0.1, -0.05) is 22.3 Å². The third-order valence-corrected chi connectivity index (χ3v) is 11.0. The summed E-state index contributed by atoms with van der Waals surface area (Å²) in [7, 11) is 6.07. The topological polar surface area (TPSA) is 43.6 Å². The molecule has 0 saturated carbocycles. The Morgan fingerprint density at radius 2 is 2.38 bits per heavy atom. The van der Waals surface area contributed by atoms with E-state index in [9.17, 15) is 0 Å². The molecule has 0 amide bonds. The molecule has 74 valence electrons. The zero-order valence-corrected chi connectivity index (χ0v) is 11.7. The smallest absolute Gasteiger partial charge is 0.155 e. The summed E-state index contributed by atoms with van der Waals surface area (Å²) in [6.07, 6.45) is 3.34. The number of unbranched alkanes of at least 4 members (excludes halogenated alkanes) is 1. The van der Waals surface area contributed by atoms with Crippen LogP contribution in [-0.4, -0.2) is 20.0 Å². The Bertz CT molecular complexity index is 252. The second-order valence-electron chi connectivity index (χ2n) is 2.56. The van der Waals surface area contributed by atoms with Crippen LogP contribution in [0.3, 0.4) is 0 Å². The lowest BCUT2D eigenvalue weighted by molar-refractivity contribution is 0.743. The molecule has 1 aromatic rings. The summed E-state index contributed by atoms with van der Waals surface area (Å²) < 4.78 is 1.96. The maximum atomic E-state index is 4.02. The molecule has 0 aliphatic heterocycles. The summed E-state index contributed by atoms with van der Waals surface area (Å²) in [4.78, 5) is 0. The first-order chi connectivity index (χ1) is 6.29. The van der Waals surface area contributed by atoms with Crippen molar-refractivity contribution in [2.75, 3.05) is 0 Å². The van der Waals surface area contributed by atoms with Crippen LogP contribution in [0, 0.1) is 0 Å². The van der Waals surface area contributed by atoms with Gasteiger partial charge in [0.2, 0.25) is 0 Å². The highest BCUT2D eigenvalue weighted by Crippen LogP contribution is 2.66. The van der Waals surface area contributed by atoms with Crippen molar-refractivity contribution in [1.29, 1.82) is 0 Å². The zero-order valence-electron chi connectivity index (χ0n) is 7.51. The lowest BCUT2D eigenvalue weighted by atomic mass is 10.2. The summed E-state index contributed by atoms with van der Waals surface area (Å²) >= 11 is 0. The van der Waals surface area contributed by atoms with Gasteiger partial charge >= 0.3 is 0 Å². The van der Waals surface area contributed by atoms with Crippen molar-refractivity contribution in [2.45, 2.75) is 26.2 Å². The zero-order chi connectivity index (χ0) is 9.68. The first kappa shape index (κ1) is 11.9. The van der Waals surface area contributed by atoms with Crippen LogP contribution >= 0.6 is 33.3 Å². The number of aromatic nitrogens is 4. The summed E-state index contributed by atoms with van der Waals surface area (Å²) in [5.74, 6) is 1.03. The van der Waals surface area contributed by atoms with E-state index in [1.54, 1.807) is 0 Å². The molecule has 4 nitrogen and oxygen atoms in total. The average Bonchev–Trinajstić information content (AvgIpc) is 2.61. The van der Waals surface area contributed by atoms with Crippen molar-refractivity contribution >= 4 is 33.3 Å². The fourth-order valence-corrected chi connectivity index (χ4v) is 3.85. The molecule has 0 fully saturated rings. The molecule has 13 heavy (non-hydrogen) atoms. The maximum Gasteiger partial charge on any atom is 0.155 e. The van der Waals surface area contributed by atoms with E-state index in [1.807, 2.05) is 4.45 Å². The quantitative estimate of drug-likeness (QED) is 0.758. The van der Waals surface area contributed by atoms with Gasteiger partial charge in [0.25, 0.3) is 0 Å². The number of aryl methyl sites for hydroxylation is 1. The van der Waals surface area contributed by atoms with Gasteiger partial charge in [0.05, 0.1) is 7.45 Å². The van der Waals surface area contributed by atoms with Gasteiger partial charge in [-0.3, -0.25) is 0 Å². The third kappa shape index (κ3) is 3.45. The van der Waals surface area contributed by atoms with E-state index in [-0.39, 0.29) is 7.45 Å². The van der Waals surface area contributed by atoms with Gasteiger partial charge in [0, 0.05) is 6.42 Å². The largest absolute Gasteiger partial charge is 0.201 e. The molecule has 0 spiro atoms. The molecule has 0 radical (unpaired) electrons. The van der Waals surface area contributed by atoms with Crippen molar-refractivity contribution < 1.29 is 0 Å². The monoisotopic (exact) mass is 254 g/mol. The van der Waals surface area contributed by atoms with Gasteiger partial charge in [-0.05, 0) is 24.8 Å². The molecule has 1 heterocycles. The number of tetrazole rings is 1. The molecular weight excluding hydrogens is 240 g/mol. The standard InChI is InChI=1S/C5H14N4P4/c1-2-3-4-5-6-7-8-9(5)13(11)12-10/h12H,2-4,10-11H2,1H3. The molecular formula is C5H14N4P4. The van der Waals surface area contributed by atoms with Crippen LogP contribution in [0.4, 0.5) is 0 Å². The van der Waals surface area contributed by atoms with Gasteiger partial charge in [0.1, 0.15) is 0 Å². The highest BCUT2D eigenvalue weighted by atomic mass is 32.6. The predicted molar refractivity (Wildman–Crippen MR) is 66.5 cm³/mol. The normalized spacial score (nSPS) is 14.1. The van der Waals surface area contributed by atoms with E-state index >= 15 is 0 Å². The molecule has 1 rings (SSSR count). The van der Waals surface area contributed by atoms with Gasteiger partial charge in [-0.25, -0.2) is 4.45 Å². The van der Waals surface area contributed by atoms with Crippen LogP contribution in [0.1, 0.15) is 25.6 Å². The van der Waals surface area contributed by atoms with E-state index in [4.69, 9.17) is 0 Å². The van der Waals surface area contributed by atoms with Gasteiger partial charge in [-0.15, -0.1) is 14.0 Å². The number of nitrogens with zero attached hydrogens (tertiary/aromatic N) is 4. The fourth-order valence-electron chi connectivity index (χ4n) is 0.908. The summed E-state index contributed by atoms with van der Waals surface area (Å²) in [5.41, 5.74) is 0. The Morgan fingerprint density at radius 1 is 1.62 bits per heavy atom. The van der Waals surface area contributed by atoms with Gasteiger partial charge in [0.15, 0.2) is 5.82 Å². The second-order valence-corrected chi connectivity index (χ2v) is 11.4. The minimum Gasteiger partial charge on any atom is -0.201 e. The van der Waals surface area contributed by atoms with E-state index in [0.29, 0.717) is 0 Å². The van der Waals surface area contributed by atoms with Crippen LogP contribution in [0.15, 0.2) is 0 Å². The summed E-state index contributed by atoms with van der Waals surface area (Å²) in [6.45, 7) is 2.18. The Kier molecular flexibility index (Phi) is 5.75. The SMILES string of the molecule is CCCCc1nnnn1P(P)PP. The van der Waals surface area contributed by atoms with Crippen molar-refractivity contribution in [3.63, 3.8) is 0 Å². The Morgan fingerprint density at radius 3 is 3.00 bits per heavy atom. The molecule has 1 aromatic heterocycles. The van der Waals surface area contributed by atoms with Crippen molar-refractivity contribution in [2.24, 2.45) is 0 Å². The summed E-state index contributed by atoms with van der Waals surface area (Å²) in [5, 5.41) is 11.7. The van der Waals surface area contributed by atoms with E-state index in [1.165, 1.54) is 6.42 Å². The van der Waals surface area contributed by atoms with E-state index in [2.05, 4.69) is 40.3 Å². The van der Waals surface area contributed by atoms with Crippen LogP contribution in [0.2, 0.25) is 0 Å². The number of hydrogen-bond donors (Lipinski definition) is 0. The Hall–Kier alpha value is 0.790. The Balaban J connectivity index is 2.65. The number of rotatable bonds is 5. The molecule has 8 heteroatoms. The Labute approximate surface area is 85.7 Å². The first-order valence-electron chi connectivity index (χ1n) is 4.08. The highest BCUT2D eigenvalue weighted by molar-refractivity contribution is 8.60. The first-order valence-corrected chi connectivity index (χ1v) is 10.6. The molecule has 0 aromatic carbocycles. The van der Waals surface area contributed by atoms with Crippen LogP contribution in [-0.2, 0) is 6.42 Å². The van der Waals surface area contributed by atoms with Crippen molar-refractivity contribution in [3.8, 4) is 0 Å². The van der Waals surface area contributed by atoms with Gasteiger partial charge < -0.3 is 0 Å². The lowest BCUT2D eigenvalue weighted by Crippen LogP contribution is -1.96. The van der Waals surface area contributed by atoms with E-state index < -0.39 is 0 Å². The second kappa shape index (κ2) is 6.31. The predicted octanol–water partition coefficient (Wildman–Crippen LogP) is 2.43. The van der Waals surface area contributed by atoms with E-state index in [0.717, 1.165) is 26.6 Å². The summed E-state index contributed by atoms with van der Waals surface area (Å²) in [6, 6.07) is 0. The fraction of sp³-hybridized carbons (Fsp3) is 0.800. The van der Waals surface area contributed by atoms with Crippen LogP contribution < -0.4 is 0 Å². The molecule has 4 unspecified atom stereocenters. The van der Waals surface area contributed by atoms with Crippen LogP contribution in [0.25, 0.3) is 0 Å². The van der Waals surface area contributed by atoms with Crippen molar-refractivity contribution in [1.82, 2.24) is 20.0 Å². The molecule has 0 N–H and O–H groups in total. The molecule has 0 saturated heterocycles. The van der Waals surface area contributed by atoms with Gasteiger partial charge in [-0.2, -0.15) is 0 Å². The molecule has 0 aliphatic rings. The molecule has 4 atom stereocenters. The minimum absolute atomic E-state index is 0.286. The average molecular weight is 254 g/mol.